The molecule has 2 heterocycles. The molecule has 316 valence electrons. The maximum atomic E-state index is 12.8. The van der Waals surface area contributed by atoms with E-state index < -0.39 is 42.0 Å². The minimum Gasteiger partial charge on any atom is -0.387 e. The Kier molecular flexibility index (Phi) is 14.1. The Morgan fingerprint density at radius 1 is 0.741 bits per heavy atom. The van der Waals surface area contributed by atoms with Gasteiger partial charge in [-0.3, -0.25) is 9.59 Å². The van der Waals surface area contributed by atoms with Crippen LogP contribution in [0.4, 0.5) is 10.5 Å². The van der Waals surface area contributed by atoms with Crippen molar-refractivity contribution in [3.63, 3.8) is 0 Å². The topological polar surface area (TPSA) is 209 Å². The first-order valence-electron chi connectivity index (χ1n) is 20.9. The van der Waals surface area contributed by atoms with Crippen molar-refractivity contribution in [2.45, 2.75) is 127 Å². The zero-order valence-electron chi connectivity index (χ0n) is 33.9. The quantitative estimate of drug-likeness (QED) is 0.344. The van der Waals surface area contributed by atoms with Gasteiger partial charge in [0.05, 0.1) is 10.5 Å². The molecule has 2 aliphatic heterocycles. The average Bonchev–Trinajstić information content (AvgIpc) is 4.05. The van der Waals surface area contributed by atoms with Gasteiger partial charge in [0.15, 0.2) is 9.84 Å². The van der Waals surface area contributed by atoms with Crippen LogP contribution < -0.4 is 20.5 Å². The van der Waals surface area contributed by atoms with Gasteiger partial charge in [-0.05, 0) is 147 Å². The van der Waals surface area contributed by atoms with Crippen molar-refractivity contribution in [2.24, 2.45) is 5.14 Å². The number of ether oxygens (including phenoxy) is 1. The smallest absolute Gasteiger partial charge is 0.317 e. The molecule has 6 aliphatic rings. The highest BCUT2D eigenvalue weighted by atomic mass is 32.2. The number of carbonyl (C=O) groups excluding carboxylic acids is 3. The molecule has 2 saturated heterocycles. The number of aryl methyl sites for hydroxylation is 4. The largest absolute Gasteiger partial charge is 0.387 e. The molecule has 2 fully saturated rings. The number of anilines is 1. The highest BCUT2D eigenvalue weighted by molar-refractivity contribution is 7.92. The summed E-state index contributed by atoms with van der Waals surface area (Å²) in [6.07, 6.45) is 17.0. The number of primary sulfonamides is 1. The van der Waals surface area contributed by atoms with Crippen LogP contribution in [0.2, 0.25) is 0 Å². The van der Waals surface area contributed by atoms with Crippen LogP contribution in [-0.4, -0.2) is 94.0 Å². The van der Waals surface area contributed by atoms with E-state index in [-0.39, 0.29) is 11.9 Å². The summed E-state index contributed by atoms with van der Waals surface area (Å²) in [6.45, 7) is 3.61. The molecule has 4 aliphatic carbocycles. The number of likely N-dealkylation sites (tertiary alicyclic amines) is 2. The monoisotopic (exact) mass is 838 g/mol. The van der Waals surface area contributed by atoms with Crippen molar-refractivity contribution in [2.75, 3.05) is 44.3 Å². The molecule has 14 nitrogen and oxygen atoms in total. The Labute approximate surface area is 343 Å². The summed E-state index contributed by atoms with van der Waals surface area (Å²) in [6, 6.07) is 4.47. The summed E-state index contributed by atoms with van der Waals surface area (Å²) in [5.74, 6) is 0.0644. The minimum absolute atomic E-state index is 0.0605. The highest BCUT2D eigenvalue weighted by Crippen LogP contribution is 2.41. The van der Waals surface area contributed by atoms with Gasteiger partial charge in [0.25, 0.3) is 6.26 Å². The van der Waals surface area contributed by atoms with E-state index in [1.165, 1.54) is 57.3 Å². The number of rotatable bonds is 7. The first-order chi connectivity index (χ1) is 27.7. The lowest BCUT2D eigenvalue weighted by Gasteiger charge is -2.31. The molecule has 4 amide bonds. The van der Waals surface area contributed by atoms with Gasteiger partial charge in [0, 0.05) is 45.3 Å². The predicted molar refractivity (Wildman–Crippen MR) is 222 cm³/mol. The number of nitriles is 1. The summed E-state index contributed by atoms with van der Waals surface area (Å²) in [7, 11) is -5.43. The van der Waals surface area contributed by atoms with E-state index in [0.29, 0.717) is 58.3 Å². The number of sulfonamides is 1. The van der Waals surface area contributed by atoms with Crippen LogP contribution in [0.3, 0.4) is 0 Å². The number of piperidine rings is 2. The molecular weight excluding hydrogens is 781 g/mol. The van der Waals surface area contributed by atoms with Crippen LogP contribution >= 0.6 is 0 Å². The van der Waals surface area contributed by atoms with Crippen molar-refractivity contribution < 1.29 is 36.0 Å². The molecule has 8 rings (SSSR count). The lowest BCUT2D eigenvalue weighted by molar-refractivity contribution is -0.131. The van der Waals surface area contributed by atoms with Gasteiger partial charge >= 0.3 is 6.03 Å². The summed E-state index contributed by atoms with van der Waals surface area (Å²) < 4.78 is 52.9. The minimum atomic E-state index is -3.54. The van der Waals surface area contributed by atoms with Crippen molar-refractivity contribution in [3.05, 3.63) is 56.6 Å². The van der Waals surface area contributed by atoms with E-state index in [4.69, 9.17) is 15.1 Å². The molecule has 0 radical (unpaired) electrons. The average molecular weight is 839 g/mol. The van der Waals surface area contributed by atoms with Gasteiger partial charge in [-0.15, -0.1) is 5.26 Å². The third kappa shape index (κ3) is 9.97. The molecule has 0 spiro atoms. The first kappa shape index (κ1) is 43.4. The van der Waals surface area contributed by atoms with Crippen LogP contribution in [0.25, 0.3) is 0 Å². The number of nitrogens with one attached hydrogen (secondary N) is 2. The van der Waals surface area contributed by atoms with E-state index in [1.807, 2.05) is 13.2 Å². The van der Waals surface area contributed by atoms with Gasteiger partial charge in [-0.1, -0.05) is 19.1 Å². The number of hydrogen-bond donors (Lipinski definition) is 3. The third-order valence-corrected chi connectivity index (χ3v) is 16.2. The maximum Gasteiger partial charge on any atom is 0.317 e. The Bertz CT molecular complexity index is 2090. The Morgan fingerprint density at radius 3 is 1.64 bits per heavy atom. The van der Waals surface area contributed by atoms with E-state index in [2.05, 4.69) is 22.8 Å². The van der Waals surface area contributed by atoms with Gasteiger partial charge in [-0.2, -0.15) is 0 Å². The lowest BCUT2D eigenvalue weighted by atomic mass is 9.98. The first-order valence-corrected chi connectivity index (χ1v) is 24.2. The molecule has 0 saturated carbocycles. The highest BCUT2D eigenvalue weighted by Gasteiger charge is 2.34. The molecule has 58 heavy (non-hydrogen) atoms. The number of urea groups is 1. The summed E-state index contributed by atoms with van der Waals surface area (Å²) >= 11 is 0. The molecule has 0 bridgehead atoms. The third-order valence-electron chi connectivity index (χ3n) is 12.6. The van der Waals surface area contributed by atoms with Gasteiger partial charge in [-0.25, -0.2) is 26.8 Å². The van der Waals surface area contributed by atoms with Crippen molar-refractivity contribution in [1.82, 2.24) is 15.1 Å². The number of sulfone groups is 1. The van der Waals surface area contributed by atoms with E-state index in [1.54, 1.807) is 16.8 Å². The predicted octanol–water partition coefficient (Wildman–Crippen LogP) is 4.02. The van der Waals surface area contributed by atoms with E-state index in [9.17, 15) is 31.2 Å². The van der Waals surface area contributed by atoms with Gasteiger partial charge in [0.1, 0.15) is 11.5 Å². The van der Waals surface area contributed by atoms with Crippen molar-refractivity contribution >= 4 is 43.4 Å². The van der Waals surface area contributed by atoms with E-state index in [0.717, 1.165) is 75.6 Å². The van der Waals surface area contributed by atoms with Crippen LogP contribution in [-0.2, 0) is 80.8 Å². The van der Waals surface area contributed by atoms with Crippen LogP contribution in [0.15, 0.2) is 12.1 Å². The standard InChI is InChI=1S/C22H30N2O4S.C13H13NO.C7H15N3O3S/c1-2-21(26)24-11-9-17(10-12-24)29(27,28)14-20(25)23-22-18-7-3-5-15(18)13-16-6-4-8-19(16)22;14-8-15-13-11-5-1-3-9(11)7-10-4-2-6-12(10)13;1-9-7(11)10-4-2-6(3-5-10)14(8,12)13/h13,17H,2-12,14H2,1H3,(H,23,25);7H,1-6H2;6H,2-5H2,1H3,(H,9,11)(H2,8,12,13). The van der Waals surface area contributed by atoms with Gasteiger partial charge in [0.2, 0.25) is 21.8 Å². The molecule has 0 unspecified atom stereocenters. The lowest BCUT2D eigenvalue weighted by Crippen LogP contribution is -2.47. The Balaban J connectivity index is 0.000000164. The summed E-state index contributed by atoms with van der Waals surface area (Å²) in [4.78, 5) is 39.0. The van der Waals surface area contributed by atoms with Crippen LogP contribution in [0, 0.1) is 11.5 Å². The second kappa shape index (κ2) is 18.8. The number of hydrogen-bond acceptors (Lipinski definition) is 9. The molecule has 2 aromatic carbocycles. The summed E-state index contributed by atoms with van der Waals surface area (Å²) in [5, 5.41) is 18.2. The molecule has 0 aromatic heterocycles. The number of nitrogens with zero attached hydrogens (tertiary/aromatic N) is 3. The summed E-state index contributed by atoms with van der Waals surface area (Å²) in [5.41, 5.74) is 11.4. The molecule has 0 atom stereocenters. The second-order valence-electron chi connectivity index (χ2n) is 16.2. The molecular formula is C42H58N6O8S2. The fraction of sp³-hybridized carbons (Fsp3) is 0.619. The van der Waals surface area contributed by atoms with Gasteiger partial charge < -0.3 is 25.2 Å². The molecule has 16 heteroatoms. The number of benzene rings is 2. The molecule has 2 aromatic rings. The van der Waals surface area contributed by atoms with Crippen LogP contribution in [0.1, 0.15) is 109 Å². The zero-order chi connectivity index (χ0) is 41.6. The van der Waals surface area contributed by atoms with Crippen molar-refractivity contribution in [1.29, 1.82) is 5.26 Å². The van der Waals surface area contributed by atoms with Crippen LogP contribution in [0.5, 0.6) is 5.75 Å². The van der Waals surface area contributed by atoms with Crippen molar-refractivity contribution in [3.8, 4) is 12.0 Å². The zero-order valence-corrected chi connectivity index (χ0v) is 35.5. The normalized spacial score (nSPS) is 18.7. The van der Waals surface area contributed by atoms with E-state index >= 15 is 0 Å². The Morgan fingerprint density at radius 2 is 1.19 bits per heavy atom. The second-order valence-corrected chi connectivity index (χ2v) is 20.4. The number of carbonyl (C=O) groups is 3. The fourth-order valence-electron chi connectivity index (χ4n) is 9.61. The number of fused-ring (bicyclic) bond motifs is 4. The maximum absolute atomic E-state index is 12.8. The Hall–Kier alpha value is -4.20. The fourth-order valence-corrected chi connectivity index (χ4v) is 12.1. The SMILES string of the molecule is CCC(=O)N1CCC(S(=O)(=O)CC(=O)Nc2c3c(cc4c2CCC4)CCC3)CC1.CNC(=O)N1CCC(S(N)(=O)=O)CC1.N#COc1c2c(cc3c1CCC3)CCC2. The number of nitrogens with two attached hydrogens (primary N) is 1. The number of amides is 4. The molecule has 4 N–H and O–H groups in total.